The first-order chi connectivity index (χ1) is 16.0. The molecule has 0 bridgehead atoms. The zero-order valence-corrected chi connectivity index (χ0v) is 18.4. The molecule has 1 fully saturated rings. The largest absolute Gasteiger partial charge is 0.507 e. The second-order valence-electron chi connectivity index (χ2n) is 7.52. The highest BCUT2D eigenvalue weighted by Gasteiger charge is 2.46. The number of aromatic nitrogens is 1. The van der Waals surface area contributed by atoms with Crippen LogP contribution in [0, 0.1) is 0 Å². The number of amides is 1. The van der Waals surface area contributed by atoms with E-state index in [4.69, 9.17) is 9.47 Å². The number of ether oxygens (including phenoxy) is 2. The van der Waals surface area contributed by atoms with Gasteiger partial charge in [0, 0.05) is 24.5 Å². The maximum atomic E-state index is 13.2. The first-order valence-electron chi connectivity index (χ1n) is 10.6. The van der Waals surface area contributed by atoms with Crippen LogP contribution in [0.1, 0.15) is 29.7 Å². The van der Waals surface area contributed by atoms with Crippen LogP contribution < -0.4 is 9.47 Å². The van der Waals surface area contributed by atoms with Crippen molar-refractivity contribution in [1.82, 2.24) is 9.88 Å². The van der Waals surface area contributed by atoms with E-state index in [1.807, 2.05) is 6.92 Å². The third-order valence-electron chi connectivity index (χ3n) is 5.49. The lowest BCUT2D eigenvalue weighted by molar-refractivity contribution is -0.140. The molecule has 3 aromatic rings. The van der Waals surface area contributed by atoms with E-state index < -0.39 is 17.7 Å². The number of aliphatic hydroxyl groups is 1. The Hall–Kier alpha value is -4.13. The number of ketones is 1. The van der Waals surface area contributed by atoms with E-state index in [2.05, 4.69) is 4.98 Å². The summed E-state index contributed by atoms with van der Waals surface area (Å²) < 4.78 is 10.8. The molecule has 1 aliphatic heterocycles. The Balaban J connectivity index is 1.84. The Morgan fingerprint density at radius 1 is 1.03 bits per heavy atom. The molecule has 4 rings (SSSR count). The van der Waals surface area contributed by atoms with Crippen LogP contribution in [-0.2, 0) is 16.1 Å². The highest BCUT2D eigenvalue weighted by molar-refractivity contribution is 6.46. The molecule has 7 nitrogen and oxygen atoms in total. The molecule has 0 aliphatic carbocycles. The van der Waals surface area contributed by atoms with Crippen LogP contribution in [0.25, 0.3) is 5.76 Å². The van der Waals surface area contributed by atoms with Gasteiger partial charge in [-0.3, -0.25) is 14.6 Å². The summed E-state index contributed by atoms with van der Waals surface area (Å²) in [5.41, 5.74) is 1.94. The lowest BCUT2D eigenvalue weighted by Crippen LogP contribution is -2.29. The van der Waals surface area contributed by atoms with Crippen LogP contribution in [0.4, 0.5) is 0 Å². The van der Waals surface area contributed by atoms with E-state index in [0.717, 1.165) is 5.56 Å². The predicted molar refractivity (Wildman–Crippen MR) is 123 cm³/mol. The number of aliphatic hydroxyl groups excluding tert-OH is 1. The van der Waals surface area contributed by atoms with E-state index in [0.29, 0.717) is 29.2 Å². The molecule has 0 saturated carbocycles. The number of rotatable bonds is 7. The number of hydrogen-bond acceptors (Lipinski definition) is 6. The van der Waals surface area contributed by atoms with E-state index in [9.17, 15) is 14.7 Å². The summed E-state index contributed by atoms with van der Waals surface area (Å²) in [6, 6.07) is 16.8. The quantitative estimate of drug-likeness (QED) is 0.335. The second kappa shape index (κ2) is 9.56. The van der Waals surface area contributed by atoms with Crippen molar-refractivity contribution in [3.63, 3.8) is 0 Å². The zero-order chi connectivity index (χ0) is 23.4. The predicted octanol–water partition coefficient (Wildman–Crippen LogP) is 4.11. The first-order valence-corrected chi connectivity index (χ1v) is 10.6. The number of carbonyl (C=O) groups excluding carboxylic acids is 2. The molecule has 168 valence electrons. The maximum absolute atomic E-state index is 13.2. The number of carbonyl (C=O) groups is 2. The zero-order valence-electron chi connectivity index (χ0n) is 18.4. The molecule has 1 atom stereocenters. The maximum Gasteiger partial charge on any atom is 0.295 e. The third-order valence-corrected chi connectivity index (χ3v) is 5.49. The summed E-state index contributed by atoms with van der Waals surface area (Å²) in [5.74, 6) is -0.440. The molecule has 2 heterocycles. The number of pyridine rings is 1. The normalized spacial score (nSPS) is 17.3. The fourth-order valence-electron chi connectivity index (χ4n) is 3.91. The van der Waals surface area contributed by atoms with Crippen LogP contribution in [-0.4, -0.2) is 40.4 Å². The van der Waals surface area contributed by atoms with Crippen LogP contribution in [0.5, 0.6) is 11.5 Å². The van der Waals surface area contributed by atoms with Gasteiger partial charge in [-0.25, -0.2) is 0 Å². The molecular formula is C26H24N2O5. The van der Waals surface area contributed by atoms with E-state index in [-0.39, 0.29) is 17.9 Å². The van der Waals surface area contributed by atoms with Crippen molar-refractivity contribution < 1.29 is 24.2 Å². The van der Waals surface area contributed by atoms with Gasteiger partial charge in [-0.1, -0.05) is 24.3 Å². The van der Waals surface area contributed by atoms with Crippen LogP contribution in [0.2, 0.25) is 0 Å². The van der Waals surface area contributed by atoms with Crippen molar-refractivity contribution in [3.8, 4) is 11.5 Å². The summed E-state index contributed by atoms with van der Waals surface area (Å²) in [5, 5.41) is 11.2. The van der Waals surface area contributed by atoms with Crippen molar-refractivity contribution >= 4 is 17.4 Å². The number of nitrogens with zero attached hydrogens (tertiary/aromatic N) is 2. The standard InChI is InChI=1S/C26H24N2O5/c1-3-33-20-9-7-18(8-10-20)23-22(24(29)19-5-4-6-21(15-19)32-2)25(30)26(31)28(23)16-17-11-13-27-14-12-17/h4-15,23,29H,3,16H2,1-2H3. The molecule has 1 N–H and O–H groups in total. The summed E-state index contributed by atoms with van der Waals surface area (Å²) in [7, 11) is 1.52. The number of hydrogen-bond donors (Lipinski definition) is 1. The van der Waals surface area contributed by atoms with Gasteiger partial charge in [0.25, 0.3) is 11.7 Å². The van der Waals surface area contributed by atoms with Crippen molar-refractivity contribution in [3.05, 3.63) is 95.3 Å². The minimum absolute atomic E-state index is 0.0338. The molecule has 1 aromatic heterocycles. The average molecular weight is 444 g/mol. The minimum atomic E-state index is -0.764. The molecule has 0 spiro atoms. The molecular weight excluding hydrogens is 420 g/mol. The smallest absolute Gasteiger partial charge is 0.295 e. The van der Waals surface area contributed by atoms with Gasteiger partial charge >= 0.3 is 0 Å². The van der Waals surface area contributed by atoms with Gasteiger partial charge in [-0.15, -0.1) is 0 Å². The van der Waals surface area contributed by atoms with Crippen molar-refractivity contribution in [2.75, 3.05) is 13.7 Å². The Labute approximate surface area is 191 Å². The summed E-state index contributed by atoms with van der Waals surface area (Å²) in [6.45, 7) is 2.61. The molecule has 0 radical (unpaired) electrons. The molecule has 33 heavy (non-hydrogen) atoms. The number of Topliss-reactive ketones (excluding diaryl/α,β-unsaturated/α-hetero) is 1. The lowest BCUT2D eigenvalue weighted by atomic mass is 9.95. The Kier molecular flexibility index (Phi) is 6.40. The first kappa shape index (κ1) is 22.1. The van der Waals surface area contributed by atoms with Crippen LogP contribution in [0.15, 0.2) is 78.6 Å². The Morgan fingerprint density at radius 3 is 2.42 bits per heavy atom. The van der Waals surface area contributed by atoms with Gasteiger partial charge in [0.2, 0.25) is 0 Å². The molecule has 2 aromatic carbocycles. The fraction of sp³-hybridized carbons (Fsp3) is 0.192. The van der Waals surface area contributed by atoms with Crippen LogP contribution in [0.3, 0.4) is 0 Å². The van der Waals surface area contributed by atoms with Gasteiger partial charge in [-0.05, 0) is 54.4 Å². The van der Waals surface area contributed by atoms with Gasteiger partial charge in [-0.2, -0.15) is 0 Å². The van der Waals surface area contributed by atoms with Gasteiger partial charge < -0.3 is 19.5 Å². The number of likely N-dealkylation sites (tertiary alicyclic amines) is 1. The monoisotopic (exact) mass is 444 g/mol. The average Bonchev–Trinajstić information content (AvgIpc) is 3.10. The molecule has 1 aliphatic rings. The Morgan fingerprint density at radius 2 is 1.76 bits per heavy atom. The van der Waals surface area contributed by atoms with E-state index in [1.165, 1.54) is 12.0 Å². The summed E-state index contributed by atoms with van der Waals surface area (Å²) in [6.07, 6.45) is 3.27. The van der Waals surface area contributed by atoms with Gasteiger partial charge in [0.15, 0.2) is 0 Å². The van der Waals surface area contributed by atoms with Crippen molar-refractivity contribution in [1.29, 1.82) is 0 Å². The highest BCUT2D eigenvalue weighted by atomic mass is 16.5. The van der Waals surface area contributed by atoms with Gasteiger partial charge in [0.05, 0.1) is 25.3 Å². The lowest BCUT2D eigenvalue weighted by Gasteiger charge is -2.25. The number of methoxy groups -OCH3 is 1. The SMILES string of the molecule is CCOc1ccc(C2C(=C(O)c3cccc(OC)c3)C(=O)C(=O)N2Cc2ccncc2)cc1. The molecule has 7 heteroatoms. The second-order valence-corrected chi connectivity index (χ2v) is 7.52. The highest BCUT2D eigenvalue weighted by Crippen LogP contribution is 2.41. The minimum Gasteiger partial charge on any atom is -0.507 e. The molecule has 1 saturated heterocycles. The third kappa shape index (κ3) is 4.43. The summed E-state index contributed by atoms with van der Waals surface area (Å²) >= 11 is 0. The molecule has 1 unspecified atom stereocenters. The van der Waals surface area contributed by atoms with E-state index in [1.54, 1.807) is 73.1 Å². The van der Waals surface area contributed by atoms with E-state index >= 15 is 0 Å². The summed E-state index contributed by atoms with van der Waals surface area (Å²) in [4.78, 5) is 31.7. The number of benzene rings is 2. The van der Waals surface area contributed by atoms with Crippen molar-refractivity contribution in [2.45, 2.75) is 19.5 Å². The Bertz CT molecular complexity index is 1190. The topological polar surface area (TPSA) is 89.0 Å². The van der Waals surface area contributed by atoms with Crippen LogP contribution >= 0.6 is 0 Å². The van der Waals surface area contributed by atoms with Gasteiger partial charge in [0.1, 0.15) is 17.3 Å². The fourth-order valence-corrected chi connectivity index (χ4v) is 3.91. The van der Waals surface area contributed by atoms with Crippen molar-refractivity contribution in [2.24, 2.45) is 0 Å². The molecule has 1 amide bonds.